The van der Waals surface area contributed by atoms with Gasteiger partial charge >= 0.3 is 0 Å². The number of hydrogen-bond acceptors (Lipinski definition) is 8. The Hall–Kier alpha value is -3.24. The highest BCUT2D eigenvalue weighted by atomic mass is 32.1. The number of nitrogens with zero attached hydrogens (tertiary/aromatic N) is 4. The standard InChI is InChI=1S/C26H32FN7OS/c1-3-23(35)28-17-4-6-18(7-5-17)29-25-24-21(10-15-36-24)31-26(32-25)30-19-8-9-22(20(27)16-19)34-13-11-33(2)12-14-34/h3,8-10,15-18H,1,4-7,11-14H2,2H3,(H,28,35)(H2,29,30,31,32)/t17-,18+. The number of anilines is 4. The number of rotatable bonds is 7. The van der Waals surface area contributed by atoms with Crippen LogP contribution in [0, 0.1) is 5.82 Å². The van der Waals surface area contributed by atoms with Gasteiger partial charge in [-0.15, -0.1) is 11.3 Å². The Balaban J connectivity index is 1.28. The average molecular weight is 510 g/mol. The predicted molar refractivity (Wildman–Crippen MR) is 145 cm³/mol. The number of nitrogens with one attached hydrogen (secondary N) is 3. The molecule has 1 aliphatic heterocycles. The summed E-state index contributed by atoms with van der Waals surface area (Å²) in [4.78, 5) is 25.3. The van der Waals surface area contributed by atoms with Crippen molar-refractivity contribution in [2.75, 3.05) is 48.8 Å². The number of likely N-dealkylation sites (N-methyl/N-ethyl adjacent to an activating group) is 1. The van der Waals surface area contributed by atoms with Crippen molar-refractivity contribution < 1.29 is 9.18 Å². The maximum Gasteiger partial charge on any atom is 0.243 e. The summed E-state index contributed by atoms with van der Waals surface area (Å²) < 4.78 is 16.0. The number of piperazine rings is 1. The second-order valence-corrected chi connectivity index (χ2v) is 10.4. The average Bonchev–Trinajstić information content (AvgIpc) is 3.35. The SMILES string of the molecule is C=CC(=O)N[C@H]1CC[C@@H](Nc2nc(Nc3ccc(N4CCN(C)CC4)c(F)c3)nc3ccsc23)CC1. The summed E-state index contributed by atoms with van der Waals surface area (Å²) in [7, 11) is 2.09. The third kappa shape index (κ3) is 5.60. The molecule has 0 unspecified atom stereocenters. The zero-order valence-electron chi connectivity index (χ0n) is 20.5. The van der Waals surface area contributed by atoms with E-state index in [0.29, 0.717) is 17.3 Å². The van der Waals surface area contributed by atoms with E-state index < -0.39 is 0 Å². The highest BCUT2D eigenvalue weighted by Crippen LogP contribution is 2.32. The topological polar surface area (TPSA) is 85.4 Å². The van der Waals surface area contributed by atoms with Crippen LogP contribution in [0.5, 0.6) is 0 Å². The van der Waals surface area contributed by atoms with Crippen LogP contribution < -0.4 is 20.9 Å². The maximum atomic E-state index is 15.0. The van der Waals surface area contributed by atoms with Crippen molar-refractivity contribution in [3.8, 4) is 0 Å². The van der Waals surface area contributed by atoms with Gasteiger partial charge in [-0.3, -0.25) is 4.79 Å². The molecule has 36 heavy (non-hydrogen) atoms. The van der Waals surface area contributed by atoms with Crippen LogP contribution in [0.3, 0.4) is 0 Å². The predicted octanol–water partition coefficient (Wildman–Crippen LogP) is 4.35. The van der Waals surface area contributed by atoms with E-state index in [9.17, 15) is 9.18 Å². The summed E-state index contributed by atoms with van der Waals surface area (Å²) in [6.45, 7) is 7.01. The summed E-state index contributed by atoms with van der Waals surface area (Å²) in [6.07, 6.45) is 4.99. The minimum atomic E-state index is -0.250. The summed E-state index contributed by atoms with van der Waals surface area (Å²) in [5, 5.41) is 11.8. The largest absolute Gasteiger partial charge is 0.367 e. The van der Waals surface area contributed by atoms with Crippen molar-refractivity contribution in [2.45, 2.75) is 37.8 Å². The zero-order valence-corrected chi connectivity index (χ0v) is 21.3. The van der Waals surface area contributed by atoms with Gasteiger partial charge in [0, 0.05) is 44.0 Å². The van der Waals surface area contributed by atoms with Gasteiger partial charge in [-0.25, -0.2) is 9.37 Å². The fourth-order valence-corrected chi connectivity index (χ4v) is 5.65. The first-order valence-electron chi connectivity index (χ1n) is 12.4. The maximum absolute atomic E-state index is 15.0. The van der Waals surface area contributed by atoms with Gasteiger partial charge < -0.3 is 25.8 Å². The van der Waals surface area contributed by atoms with Crippen molar-refractivity contribution in [2.24, 2.45) is 0 Å². The molecule has 1 saturated carbocycles. The van der Waals surface area contributed by atoms with Crippen molar-refractivity contribution in [1.29, 1.82) is 0 Å². The molecule has 0 bridgehead atoms. The van der Waals surface area contributed by atoms with Crippen LogP contribution in [-0.2, 0) is 4.79 Å². The van der Waals surface area contributed by atoms with Crippen molar-refractivity contribution in [3.63, 3.8) is 0 Å². The lowest BCUT2D eigenvalue weighted by Crippen LogP contribution is -2.44. The fourth-order valence-electron chi connectivity index (χ4n) is 4.87. The summed E-state index contributed by atoms with van der Waals surface area (Å²) in [6, 6.07) is 7.63. The fraction of sp³-hybridized carbons (Fsp3) is 0.423. The molecule has 2 aliphatic rings. The Bertz CT molecular complexity index is 1230. The first-order chi connectivity index (χ1) is 17.5. The van der Waals surface area contributed by atoms with Crippen LogP contribution in [0.2, 0.25) is 0 Å². The number of benzene rings is 1. The lowest BCUT2D eigenvalue weighted by atomic mass is 9.91. The quantitative estimate of drug-likeness (QED) is 0.408. The van der Waals surface area contributed by atoms with Gasteiger partial charge in [0.25, 0.3) is 0 Å². The molecule has 2 fully saturated rings. The van der Waals surface area contributed by atoms with Crippen LogP contribution in [0.25, 0.3) is 10.2 Å². The molecule has 1 aromatic carbocycles. The molecule has 0 spiro atoms. The van der Waals surface area contributed by atoms with E-state index in [4.69, 9.17) is 4.98 Å². The van der Waals surface area contributed by atoms with E-state index >= 15 is 0 Å². The number of amides is 1. The number of fused-ring (bicyclic) bond motifs is 1. The molecule has 0 radical (unpaired) electrons. The van der Waals surface area contributed by atoms with Crippen molar-refractivity contribution in [3.05, 3.63) is 48.1 Å². The highest BCUT2D eigenvalue weighted by molar-refractivity contribution is 7.17. The second kappa shape index (κ2) is 10.8. The molecule has 3 heterocycles. The van der Waals surface area contributed by atoms with Crippen LogP contribution in [0.15, 0.2) is 42.3 Å². The first kappa shape index (κ1) is 24.5. The molecule has 1 amide bonds. The normalized spacial score (nSPS) is 20.8. The summed E-state index contributed by atoms with van der Waals surface area (Å²) in [5.74, 6) is 0.846. The molecule has 0 atom stereocenters. The third-order valence-corrected chi connectivity index (χ3v) is 7.86. The van der Waals surface area contributed by atoms with E-state index in [1.54, 1.807) is 11.3 Å². The number of halogens is 1. The molecule has 190 valence electrons. The monoisotopic (exact) mass is 509 g/mol. The Morgan fingerprint density at radius 2 is 1.86 bits per heavy atom. The molecular formula is C26H32FN7OS. The van der Waals surface area contributed by atoms with Crippen LogP contribution in [0.1, 0.15) is 25.7 Å². The minimum Gasteiger partial charge on any atom is -0.367 e. The number of thiophene rings is 1. The first-order valence-corrected chi connectivity index (χ1v) is 13.3. The minimum absolute atomic E-state index is 0.119. The second-order valence-electron chi connectivity index (χ2n) is 9.52. The van der Waals surface area contributed by atoms with E-state index in [1.165, 1.54) is 12.1 Å². The van der Waals surface area contributed by atoms with Gasteiger partial charge in [-0.2, -0.15) is 4.98 Å². The van der Waals surface area contributed by atoms with Gasteiger partial charge in [0.1, 0.15) is 11.6 Å². The molecule has 2 aromatic heterocycles. The smallest absolute Gasteiger partial charge is 0.243 e. The van der Waals surface area contributed by atoms with Crippen LogP contribution in [0.4, 0.5) is 27.5 Å². The van der Waals surface area contributed by atoms with Crippen molar-refractivity contribution >= 4 is 50.6 Å². The van der Waals surface area contributed by atoms with Crippen LogP contribution in [-0.4, -0.2) is 66.1 Å². The van der Waals surface area contributed by atoms with Crippen LogP contribution >= 0.6 is 11.3 Å². The molecule has 1 aliphatic carbocycles. The van der Waals surface area contributed by atoms with Crippen molar-refractivity contribution in [1.82, 2.24) is 20.2 Å². The molecule has 5 rings (SSSR count). The van der Waals surface area contributed by atoms with Gasteiger partial charge in [0.05, 0.1) is 15.9 Å². The Morgan fingerprint density at radius 3 is 2.58 bits per heavy atom. The number of carbonyl (C=O) groups is 1. The Kier molecular flexibility index (Phi) is 7.33. The lowest BCUT2D eigenvalue weighted by molar-refractivity contribution is -0.117. The number of aromatic nitrogens is 2. The van der Waals surface area contributed by atoms with Gasteiger partial charge in [-0.05, 0) is 68.5 Å². The van der Waals surface area contributed by atoms with E-state index in [1.807, 2.05) is 23.6 Å². The number of hydrogen-bond donors (Lipinski definition) is 3. The Morgan fingerprint density at radius 1 is 1.11 bits per heavy atom. The molecule has 1 saturated heterocycles. The number of carbonyl (C=O) groups excluding carboxylic acids is 1. The van der Waals surface area contributed by atoms with Gasteiger partial charge in [0.15, 0.2) is 0 Å². The molecule has 3 aromatic rings. The van der Waals surface area contributed by atoms with Gasteiger partial charge in [-0.1, -0.05) is 6.58 Å². The van der Waals surface area contributed by atoms with E-state index in [-0.39, 0.29) is 23.8 Å². The summed E-state index contributed by atoms with van der Waals surface area (Å²) in [5.41, 5.74) is 2.09. The molecule has 8 nitrogen and oxygen atoms in total. The molecule has 10 heteroatoms. The molecule has 3 N–H and O–H groups in total. The Labute approximate surface area is 214 Å². The lowest BCUT2D eigenvalue weighted by Gasteiger charge is -2.34. The highest BCUT2D eigenvalue weighted by Gasteiger charge is 2.23. The summed E-state index contributed by atoms with van der Waals surface area (Å²) >= 11 is 1.60. The zero-order chi connectivity index (χ0) is 25.1. The van der Waals surface area contributed by atoms with E-state index in [2.05, 4.69) is 44.4 Å². The van der Waals surface area contributed by atoms with E-state index in [0.717, 1.165) is 67.9 Å². The molecular weight excluding hydrogens is 477 g/mol. The van der Waals surface area contributed by atoms with Gasteiger partial charge in [0.2, 0.25) is 11.9 Å². The third-order valence-electron chi connectivity index (χ3n) is 6.95.